The van der Waals surface area contributed by atoms with Crippen LogP contribution in [0.2, 0.25) is 0 Å². The molecule has 0 spiro atoms. The van der Waals surface area contributed by atoms with E-state index in [0.29, 0.717) is 23.1 Å². The Kier molecular flexibility index (Phi) is 7.19. The highest BCUT2D eigenvalue weighted by molar-refractivity contribution is 8.00. The summed E-state index contributed by atoms with van der Waals surface area (Å²) >= 11 is 1.33. The van der Waals surface area contributed by atoms with Gasteiger partial charge in [-0.25, -0.2) is 4.39 Å². The summed E-state index contributed by atoms with van der Waals surface area (Å²) in [5.74, 6) is 0.0641. The molecule has 0 saturated carbocycles. The summed E-state index contributed by atoms with van der Waals surface area (Å²) in [6.45, 7) is 2.42. The smallest absolute Gasteiger partial charge is 0.240 e. The van der Waals surface area contributed by atoms with Crippen LogP contribution in [0.15, 0.2) is 90.1 Å². The fourth-order valence-corrected chi connectivity index (χ4v) is 4.53. The summed E-state index contributed by atoms with van der Waals surface area (Å²) in [4.78, 5) is 14.7. The fourth-order valence-electron chi connectivity index (χ4n) is 3.56. The number of nitrogens with zero attached hydrogens (tertiary/aromatic N) is 4. The van der Waals surface area contributed by atoms with E-state index in [4.69, 9.17) is 0 Å². The van der Waals surface area contributed by atoms with Crippen molar-refractivity contribution in [1.82, 2.24) is 14.8 Å². The second-order valence-electron chi connectivity index (χ2n) is 7.67. The van der Waals surface area contributed by atoms with Crippen molar-refractivity contribution >= 4 is 23.4 Å². The molecule has 1 atom stereocenters. The zero-order valence-corrected chi connectivity index (χ0v) is 19.4. The molecule has 1 aromatic heterocycles. The Morgan fingerprint density at radius 3 is 2.30 bits per heavy atom. The Morgan fingerprint density at radius 2 is 1.61 bits per heavy atom. The number of benzene rings is 3. The number of aromatic nitrogens is 3. The lowest BCUT2D eigenvalue weighted by atomic mass is 10.1. The minimum absolute atomic E-state index is 0.0451. The van der Waals surface area contributed by atoms with Crippen molar-refractivity contribution in [3.8, 4) is 11.4 Å². The molecule has 0 aliphatic carbocycles. The summed E-state index contributed by atoms with van der Waals surface area (Å²) in [7, 11) is 1.76. The van der Waals surface area contributed by atoms with Gasteiger partial charge in [-0.05, 0) is 43.2 Å². The largest absolute Gasteiger partial charge is 0.315 e. The first-order valence-electron chi connectivity index (χ1n) is 10.8. The molecule has 1 heterocycles. The van der Waals surface area contributed by atoms with Crippen molar-refractivity contribution in [1.29, 1.82) is 0 Å². The number of hydrogen-bond donors (Lipinski definition) is 0. The van der Waals surface area contributed by atoms with Gasteiger partial charge >= 0.3 is 0 Å². The summed E-state index contributed by atoms with van der Waals surface area (Å²) in [5.41, 5.74) is 2.38. The molecule has 0 aliphatic heterocycles. The highest BCUT2D eigenvalue weighted by Crippen LogP contribution is 2.29. The number of anilines is 1. The Bertz CT molecular complexity index is 1210. The number of thioether (sulfide) groups is 1. The van der Waals surface area contributed by atoms with Crippen LogP contribution in [-0.2, 0) is 17.8 Å². The molecule has 0 bridgehead atoms. The molecule has 4 aromatic rings. The van der Waals surface area contributed by atoms with Crippen LogP contribution in [0.4, 0.5) is 10.1 Å². The molecule has 7 heteroatoms. The number of halogens is 1. The number of carbonyl (C=O) groups is 1. The van der Waals surface area contributed by atoms with Gasteiger partial charge in [-0.15, -0.1) is 10.2 Å². The number of rotatable bonds is 8. The van der Waals surface area contributed by atoms with E-state index in [1.807, 2.05) is 60.0 Å². The third-order valence-electron chi connectivity index (χ3n) is 5.40. The second-order valence-corrected chi connectivity index (χ2v) is 8.97. The average Bonchev–Trinajstić information content (AvgIpc) is 3.25. The van der Waals surface area contributed by atoms with Crippen LogP contribution >= 0.6 is 11.8 Å². The highest BCUT2D eigenvalue weighted by Gasteiger charge is 2.24. The molecule has 4 rings (SSSR count). The van der Waals surface area contributed by atoms with E-state index >= 15 is 0 Å². The van der Waals surface area contributed by atoms with Crippen molar-refractivity contribution in [3.63, 3.8) is 0 Å². The van der Waals surface area contributed by atoms with Gasteiger partial charge in [-0.1, -0.05) is 72.4 Å². The molecular weight excluding hydrogens is 435 g/mol. The van der Waals surface area contributed by atoms with Crippen LogP contribution < -0.4 is 4.90 Å². The lowest BCUT2D eigenvalue weighted by Crippen LogP contribution is -2.33. The molecule has 33 heavy (non-hydrogen) atoms. The fraction of sp³-hybridized carbons (Fsp3) is 0.192. The van der Waals surface area contributed by atoms with Crippen LogP contribution in [-0.4, -0.2) is 33.0 Å². The molecule has 168 valence electrons. The van der Waals surface area contributed by atoms with E-state index in [2.05, 4.69) is 22.3 Å². The van der Waals surface area contributed by atoms with Crippen LogP contribution in [0.5, 0.6) is 0 Å². The van der Waals surface area contributed by atoms with Crippen LogP contribution in [0.1, 0.15) is 12.5 Å². The Balaban J connectivity index is 1.60. The van der Waals surface area contributed by atoms with Crippen molar-refractivity contribution < 1.29 is 9.18 Å². The van der Waals surface area contributed by atoms with Gasteiger partial charge < -0.3 is 9.47 Å². The third kappa shape index (κ3) is 5.31. The molecule has 0 fully saturated rings. The zero-order valence-electron chi connectivity index (χ0n) is 18.6. The predicted octanol–water partition coefficient (Wildman–Crippen LogP) is 5.47. The predicted molar refractivity (Wildman–Crippen MR) is 131 cm³/mol. The minimum Gasteiger partial charge on any atom is -0.315 e. The molecule has 5 nitrogen and oxygen atoms in total. The number of aryl methyl sites for hydroxylation is 1. The second kappa shape index (κ2) is 10.4. The van der Waals surface area contributed by atoms with Crippen LogP contribution in [0, 0.1) is 5.82 Å². The summed E-state index contributed by atoms with van der Waals surface area (Å²) in [5, 5.41) is 8.83. The number of hydrogen-bond acceptors (Lipinski definition) is 4. The van der Waals surface area contributed by atoms with Gasteiger partial charge in [0.1, 0.15) is 5.82 Å². The van der Waals surface area contributed by atoms with Crippen molar-refractivity contribution in [2.24, 2.45) is 0 Å². The average molecular weight is 461 g/mol. The van der Waals surface area contributed by atoms with Gasteiger partial charge in [-0.3, -0.25) is 4.79 Å². The lowest BCUT2D eigenvalue weighted by molar-refractivity contribution is -0.117. The van der Waals surface area contributed by atoms with E-state index in [0.717, 1.165) is 17.7 Å². The summed E-state index contributed by atoms with van der Waals surface area (Å²) in [6, 6.07) is 26.1. The molecule has 3 aromatic carbocycles. The maximum absolute atomic E-state index is 14.6. The van der Waals surface area contributed by atoms with Crippen molar-refractivity contribution in [3.05, 3.63) is 96.3 Å². The van der Waals surface area contributed by atoms with E-state index in [9.17, 15) is 9.18 Å². The van der Waals surface area contributed by atoms with Crippen LogP contribution in [0.25, 0.3) is 11.4 Å². The maximum atomic E-state index is 14.6. The first kappa shape index (κ1) is 22.7. The monoisotopic (exact) mass is 460 g/mol. The number of amides is 1. The van der Waals surface area contributed by atoms with Gasteiger partial charge in [0.2, 0.25) is 5.91 Å². The van der Waals surface area contributed by atoms with E-state index in [-0.39, 0.29) is 11.7 Å². The van der Waals surface area contributed by atoms with Crippen LogP contribution in [0.3, 0.4) is 0 Å². The van der Waals surface area contributed by atoms with Gasteiger partial charge in [0.05, 0.1) is 10.8 Å². The van der Waals surface area contributed by atoms with E-state index < -0.39 is 5.25 Å². The van der Waals surface area contributed by atoms with E-state index in [1.54, 1.807) is 30.1 Å². The first-order chi connectivity index (χ1) is 16.0. The van der Waals surface area contributed by atoms with Crippen molar-refractivity contribution in [2.75, 3.05) is 11.9 Å². The molecule has 0 aliphatic rings. The van der Waals surface area contributed by atoms with E-state index in [1.165, 1.54) is 17.8 Å². The van der Waals surface area contributed by atoms with Crippen molar-refractivity contribution in [2.45, 2.75) is 30.3 Å². The Labute approximate surface area is 197 Å². The topological polar surface area (TPSA) is 51.0 Å². The molecule has 1 amide bonds. The number of para-hydroxylation sites is 1. The molecule has 0 radical (unpaired) electrons. The third-order valence-corrected chi connectivity index (χ3v) is 6.47. The molecule has 1 unspecified atom stereocenters. The summed E-state index contributed by atoms with van der Waals surface area (Å²) in [6.07, 6.45) is 0.736. The van der Waals surface area contributed by atoms with Gasteiger partial charge in [0, 0.05) is 19.3 Å². The molecule has 0 saturated heterocycles. The SMILES string of the molecule is CC(Sc1nnc(-c2ccccc2F)n1CCc1ccccc1)C(=O)N(C)c1ccccc1. The normalized spacial score (nSPS) is 11.8. The molecular formula is C26H25FN4OS. The Hall–Kier alpha value is -3.45. The van der Waals surface area contributed by atoms with Gasteiger partial charge in [0.25, 0.3) is 0 Å². The highest BCUT2D eigenvalue weighted by atomic mass is 32.2. The van der Waals surface area contributed by atoms with Gasteiger partial charge in [-0.2, -0.15) is 0 Å². The lowest BCUT2D eigenvalue weighted by Gasteiger charge is -2.21. The Morgan fingerprint density at radius 1 is 0.970 bits per heavy atom. The number of carbonyl (C=O) groups excluding carboxylic acids is 1. The summed E-state index contributed by atoms with van der Waals surface area (Å²) < 4.78 is 16.5. The standard InChI is InChI=1S/C26H25FN4OS/c1-19(25(32)30(2)21-13-7-4-8-14-21)33-26-29-28-24(22-15-9-10-16-23(22)27)31(26)18-17-20-11-5-3-6-12-20/h3-16,19H,17-18H2,1-2H3. The van der Waals surface area contributed by atoms with Gasteiger partial charge in [0.15, 0.2) is 11.0 Å². The quantitative estimate of drug-likeness (QED) is 0.327. The first-order valence-corrected chi connectivity index (χ1v) is 11.6. The zero-order chi connectivity index (χ0) is 23.2. The molecule has 0 N–H and O–H groups in total. The minimum atomic E-state index is -0.400. The maximum Gasteiger partial charge on any atom is 0.240 e.